The van der Waals surface area contributed by atoms with E-state index in [0.29, 0.717) is 11.7 Å². The Hall–Kier alpha value is -0.590. The Balaban J connectivity index is 2.94. The summed E-state index contributed by atoms with van der Waals surface area (Å²) < 4.78 is 0. The average molecular weight is 166 g/mol. The molecule has 0 aromatic heterocycles. The number of carbonyl (C=O) groups is 1. The summed E-state index contributed by atoms with van der Waals surface area (Å²) >= 11 is 0. The smallest absolute Gasteiger partial charge is 0.134 e. The minimum atomic E-state index is 0.122. The van der Waals surface area contributed by atoms with E-state index in [4.69, 9.17) is 0 Å². The molecule has 0 aromatic carbocycles. The van der Waals surface area contributed by atoms with Crippen LogP contribution in [0.15, 0.2) is 12.2 Å². The molecule has 68 valence electrons. The molecule has 0 unspecified atom stereocenters. The minimum absolute atomic E-state index is 0.122. The molecule has 12 heavy (non-hydrogen) atoms. The molecule has 1 saturated carbocycles. The van der Waals surface area contributed by atoms with Gasteiger partial charge < -0.3 is 0 Å². The first-order chi connectivity index (χ1) is 5.53. The molecule has 0 amide bonds. The average Bonchev–Trinajstić information content (AvgIpc) is 2.26. The van der Waals surface area contributed by atoms with Crippen LogP contribution < -0.4 is 0 Å². The number of hydrogen-bond donors (Lipinski definition) is 0. The maximum Gasteiger partial charge on any atom is 0.134 e. The molecular formula is C11H18O. The van der Waals surface area contributed by atoms with Gasteiger partial charge in [-0.15, -0.1) is 0 Å². The van der Waals surface area contributed by atoms with Crippen molar-refractivity contribution in [1.29, 1.82) is 0 Å². The van der Waals surface area contributed by atoms with Crippen LogP contribution in [0.2, 0.25) is 0 Å². The predicted octanol–water partition coefficient (Wildman–Crippen LogP) is 2.96. The Morgan fingerprint density at radius 2 is 2.33 bits per heavy atom. The Labute approximate surface area is 74.9 Å². The number of hydrogen-bond acceptors (Lipinski definition) is 1. The van der Waals surface area contributed by atoms with Gasteiger partial charge in [0.25, 0.3) is 0 Å². The highest BCUT2D eigenvalue weighted by Crippen LogP contribution is 2.48. The van der Waals surface area contributed by atoms with Crippen molar-refractivity contribution in [3.63, 3.8) is 0 Å². The summed E-state index contributed by atoms with van der Waals surface area (Å²) in [7, 11) is 0. The summed E-state index contributed by atoms with van der Waals surface area (Å²) in [5.41, 5.74) is 1.31. The van der Waals surface area contributed by atoms with Crippen molar-refractivity contribution < 1.29 is 4.79 Å². The molecule has 0 bridgehead atoms. The largest absolute Gasteiger partial charge is 0.300 e. The van der Waals surface area contributed by atoms with E-state index in [0.717, 1.165) is 19.3 Å². The second-order valence-corrected chi connectivity index (χ2v) is 4.11. The lowest BCUT2D eigenvalue weighted by Gasteiger charge is -2.32. The third-order valence-corrected chi connectivity index (χ3v) is 3.47. The zero-order valence-corrected chi connectivity index (χ0v) is 8.31. The third-order valence-electron chi connectivity index (χ3n) is 3.47. The van der Waals surface area contributed by atoms with E-state index in [9.17, 15) is 4.79 Å². The summed E-state index contributed by atoms with van der Waals surface area (Å²) in [4.78, 5) is 11.3. The van der Waals surface area contributed by atoms with E-state index >= 15 is 0 Å². The fraction of sp³-hybridized carbons (Fsp3) is 0.727. The fourth-order valence-corrected chi connectivity index (χ4v) is 2.48. The highest BCUT2D eigenvalue weighted by molar-refractivity contribution is 5.82. The van der Waals surface area contributed by atoms with Crippen LogP contribution in [0.3, 0.4) is 0 Å². The second-order valence-electron chi connectivity index (χ2n) is 4.11. The van der Waals surface area contributed by atoms with E-state index in [1.54, 1.807) is 0 Å². The molecule has 1 fully saturated rings. The molecule has 1 heteroatoms. The van der Waals surface area contributed by atoms with Gasteiger partial charge in [-0.1, -0.05) is 26.0 Å². The maximum absolute atomic E-state index is 11.3. The van der Waals surface area contributed by atoms with Gasteiger partial charge in [-0.2, -0.15) is 0 Å². The van der Waals surface area contributed by atoms with Crippen LogP contribution in [0, 0.1) is 11.3 Å². The van der Waals surface area contributed by atoms with Crippen molar-refractivity contribution in [3.05, 3.63) is 12.2 Å². The molecule has 0 radical (unpaired) electrons. The van der Waals surface area contributed by atoms with Crippen molar-refractivity contribution >= 4 is 5.78 Å². The first kappa shape index (κ1) is 9.50. The number of carbonyl (C=O) groups excluding carboxylic acids is 1. The molecule has 1 aliphatic rings. The lowest BCUT2D eigenvalue weighted by molar-refractivity contribution is -0.118. The van der Waals surface area contributed by atoms with Gasteiger partial charge in [-0.25, -0.2) is 0 Å². The van der Waals surface area contributed by atoms with E-state index in [1.165, 1.54) is 5.57 Å². The van der Waals surface area contributed by atoms with Crippen molar-refractivity contribution in [2.75, 3.05) is 0 Å². The lowest BCUT2D eigenvalue weighted by atomic mass is 9.72. The molecule has 0 spiro atoms. The van der Waals surface area contributed by atoms with Gasteiger partial charge >= 0.3 is 0 Å². The van der Waals surface area contributed by atoms with Crippen LogP contribution in [0.4, 0.5) is 0 Å². The lowest BCUT2D eigenvalue weighted by Crippen LogP contribution is -2.23. The van der Waals surface area contributed by atoms with Gasteiger partial charge in [-0.05, 0) is 19.3 Å². The normalized spacial score (nSPS) is 35.6. The van der Waals surface area contributed by atoms with E-state index in [-0.39, 0.29) is 5.41 Å². The van der Waals surface area contributed by atoms with Crippen LogP contribution in [-0.4, -0.2) is 5.78 Å². The van der Waals surface area contributed by atoms with Crippen molar-refractivity contribution in [2.45, 2.75) is 40.0 Å². The summed E-state index contributed by atoms with van der Waals surface area (Å²) in [5.74, 6) is 0.903. The molecule has 1 aliphatic carbocycles. The Morgan fingerprint density at radius 1 is 1.75 bits per heavy atom. The standard InChI is InChI=1S/C11H18O/c1-5-11(8(2)3)7-10(12)6-9(11)4/h9H,2,5-7H2,1,3-4H3/t9-,11-/m0/s1. The molecule has 1 nitrogen and oxygen atoms in total. The van der Waals surface area contributed by atoms with Gasteiger partial charge in [0.15, 0.2) is 0 Å². The van der Waals surface area contributed by atoms with Crippen LogP contribution >= 0.6 is 0 Å². The Bertz CT molecular complexity index is 217. The van der Waals surface area contributed by atoms with Gasteiger partial charge in [0.05, 0.1) is 0 Å². The van der Waals surface area contributed by atoms with E-state index < -0.39 is 0 Å². The number of rotatable bonds is 2. The predicted molar refractivity (Wildman–Crippen MR) is 50.9 cm³/mol. The molecule has 0 N–H and O–H groups in total. The number of allylic oxidation sites excluding steroid dienone is 1. The summed E-state index contributed by atoms with van der Waals surface area (Å²) in [6.45, 7) is 10.4. The van der Waals surface area contributed by atoms with E-state index in [2.05, 4.69) is 27.4 Å². The van der Waals surface area contributed by atoms with E-state index in [1.807, 2.05) is 0 Å². The summed E-state index contributed by atoms with van der Waals surface area (Å²) in [5, 5.41) is 0. The van der Waals surface area contributed by atoms with Crippen molar-refractivity contribution in [1.82, 2.24) is 0 Å². The zero-order chi connectivity index (χ0) is 9.35. The van der Waals surface area contributed by atoms with Gasteiger partial charge in [0.1, 0.15) is 5.78 Å². The molecule has 0 heterocycles. The minimum Gasteiger partial charge on any atom is -0.300 e. The van der Waals surface area contributed by atoms with Crippen LogP contribution in [0.5, 0.6) is 0 Å². The first-order valence-electron chi connectivity index (χ1n) is 4.70. The van der Waals surface area contributed by atoms with Crippen LogP contribution in [0.1, 0.15) is 40.0 Å². The first-order valence-corrected chi connectivity index (χ1v) is 4.70. The maximum atomic E-state index is 11.3. The van der Waals surface area contributed by atoms with Crippen LogP contribution in [-0.2, 0) is 4.79 Å². The quantitative estimate of drug-likeness (QED) is 0.576. The SMILES string of the molecule is C=C(C)[C@]1(CC)CC(=O)C[C@@H]1C. The van der Waals surface area contributed by atoms with Gasteiger partial charge in [0.2, 0.25) is 0 Å². The summed E-state index contributed by atoms with van der Waals surface area (Å²) in [6.07, 6.45) is 2.52. The monoisotopic (exact) mass is 166 g/mol. The third kappa shape index (κ3) is 1.21. The Morgan fingerprint density at radius 3 is 2.50 bits per heavy atom. The molecule has 2 atom stereocenters. The molecule has 1 rings (SSSR count). The number of Topliss-reactive ketones (excluding diaryl/α,β-unsaturated/α-hetero) is 1. The topological polar surface area (TPSA) is 17.1 Å². The highest BCUT2D eigenvalue weighted by Gasteiger charge is 2.43. The van der Waals surface area contributed by atoms with Crippen molar-refractivity contribution in [2.24, 2.45) is 11.3 Å². The molecule has 0 aromatic rings. The van der Waals surface area contributed by atoms with Crippen LogP contribution in [0.25, 0.3) is 0 Å². The molecule has 0 aliphatic heterocycles. The van der Waals surface area contributed by atoms with Gasteiger partial charge in [-0.3, -0.25) is 4.79 Å². The number of ketones is 1. The zero-order valence-electron chi connectivity index (χ0n) is 8.31. The second kappa shape index (κ2) is 3.04. The van der Waals surface area contributed by atoms with Gasteiger partial charge in [0, 0.05) is 18.3 Å². The molecule has 0 saturated heterocycles. The van der Waals surface area contributed by atoms with Crippen molar-refractivity contribution in [3.8, 4) is 0 Å². The highest BCUT2D eigenvalue weighted by atomic mass is 16.1. The summed E-state index contributed by atoms with van der Waals surface area (Å²) in [6, 6.07) is 0. The Kier molecular flexibility index (Phi) is 2.41. The molecular weight excluding hydrogens is 148 g/mol. The fourth-order valence-electron chi connectivity index (χ4n) is 2.48.